The van der Waals surface area contributed by atoms with Gasteiger partial charge in [0.05, 0.1) is 14.2 Å². The SMILES string of the molecule is COc1cc(C(C)C)c(OC)cc1CC(C)=O. The van der Waals surface area contributed by atoms with E-state index in [0.717, 1.165) is 22.6 Å². The Balaban J connectivity index is 3.27. The average molecular weight is 236 g/mol. The predicted octanol–water partition coefficient (Wildman–Crippen LogP) is 2.96. The maximum atomic E-state index is 11.2. The highest BCUT2D eigenvalue weighted by Gasteiger charge is 2.14. The lowest BCUT2D eigenvalue weighted by Gasteiger charge is -2.16. The van der Waals surface area contributed by atoms with Crippen molar-refractivity contribution in [2.24, 2.45) is 0 Å². The summed E-state index contributed by atoms with van der Waals surface area (Å²) in [6, 6.07) is 3.86. The summed E-state index contributed by atoms with van der Waals surface area (Å²) in [7, 11) is 3.26. The van der Waals surface area contributed by atoms with Crippen molar-refractivity contribution < 1.29 is 14.3 Å². The number of ketones is 1. The highest BCUT2D eigenvalue weighted by molar-refractivity contribution is 5.79. The second-order valence-corrected chi connectivity index (χ2v) is 4.44. The molecule has 0 aliphatic heterocycles. The van der Waals surface area contributed by atoms with E-state index >= 15 is 0 Å². The Hall–Kier alpha value is -1.51. The van der Waals surface area contributed by atoms with Gasteiger partial charge in [0.2, 0.25) is 0 Å². The molecule has 0 aliphatic rings. The van der Waals surface area contributed by atoms with E-state index in [4.69, 9.17) is 9.47 Å². The minimum atomic E-state index is 0.114. The van der Waals surface area contributed by atoms with Crippen LogP contribution in [0.15, 0.2) is 12.1 Å². The van der Waals surface area contributed by atoms with Crippen molar-refractivity contribution in [3.05, 3.63) is 23.3 Å². The summed E-state index contributed by atoms with van der Waals surface area (Å²) in [6.45, 7) is 5.77. The molecule has 0 amide bonds. The van der Waals surface area contributed by atoms with E-state index in [1.807, 2.05) is 12.1 Å². The first kappa shape index (κ1) is 13.6. The van der Waals surface area contributed by atoms with Gasteiger partial charge in [-0.05, 0) is 25.0 Å². The van der Waals surface area contributed by atoms with E-state index in [1.165, 1.54) is 0 Å². The molecule has 0 saturated carbocycles. The first-order valence-corrected chi connectivity index (χ1v) is 5.73. The molecule has 3 nitrogen and oxygen atoms in total. The molecule has 0 unspecified atom stereocenters. The maximum absolute atomic E-state index is 11.2. The summed E-state index contributed by atoms with van der Waals surface area (Å²) in [5.41, 5.74) is 1.97. The number of ether oxygens (including phenoxy) is 2. The van der Waals surface area contributed by atoms with Crippen LogP contribution >= 0.6 is 0 Å². The summed E-state index contributed by atoms with van der Waals surface area (Å²) >= 11 is 0. The van der Waals surface area contributed by atoms with Gasteiger partial charge in [-0.15, -0.1) is 0 Å². The first-order chi connectivity index (χ1) is 7.99. The van der Waals surface area contributed by atoms with Gasteiger partial charge in [0.15, 0.2) is 0 Å². The molecule has 0 radical (unpaired) electrons. The fourth-order valence-corrected chi connectivity index (χ4v) is 1.84. The summed E-state index contributed by atoms with van der Waals surface area (Å²) in [5, 5.41) is 0. The molecule has 0 heterocycles. The normalized spacial score (nSPS) is 10.5. The second kappa shape index (κ2) is 5.71. The van der Waals surface area contributed by atoms with E-state index in [1.54, 1.807) is 21.1 Å². The van der Waals surface area contributed by atoms with Gasteiger partial charge in [-0.2, -0.15) is 0 Å². The zero-order chi connectivity index (χ0) is 13.0. The molecule has 94 valence electrons. The number of hydrogen-bond donors (Lipinski definition) is 0. The standard InChI is InChI=1S/C14H20O3/c1-9(2)12-8-13(16-4)11(6-10(3)15)7-14(12)17-5/h7-9H,6H2,1-5H3. The van der Waals surface area contributed by atoms with Gasteiger partial charge in [0.25, 0.3) is 0 Å². The number of Topliss-reactive ketones (excluding diaryl/α,β-unsaturated/α-hetero) is 1. The third-order valence-electron chi connectivity index (χ3n) is 2.69. The third-order valence-corrected chi connectivity index (χ3v) is 2.69. The summed E-state index contributed by atoms with van der Waals surface area (Å²) in [4.78, 5) is 11.2. The molecular formula is C14H20O3. The van der Waals surface area contributed by atoms with Crippen molar-refractivity contribution in [3.8, 4) is 11.5 Å². The van der Waals surface area contributed by atoms with Crippen molar-refractivity contribution in [1.82, 2.24) is 0 Å². The topological polar surface area (TPSA) is 35.5 Å². The van der Waals surface area contributed by atoms with Crippen LogP contribution in [-0.2, 0) is 11.2 Å². The van der Waals surface area contributed by atoms with Crippen LogP contribution in [0.5, 0.6) is 11.5 Å². The summed E-state index contributed by atoms with van der Waals surface area (Å²) in [6.07, 6.45) is 0.373. The van der Waals surface area contributed by atoms with Crippen LogP contribution in [0, 0.1) is 0 Å². The quantitative estimate of drug-likeness (QED) is 0.788. The predicted molar refractivity (Wildman–Crippen MR) is 68.0 cm³/mol. The molecule has 3 heteroatoms. The van der Waals surface area contributed by atoms with Crippen molar-refractivity contribution >= 4 is 5.78 Å². The molecule has 1 rings (SSSR count). The summed E-state index contributed by atoms with van der Waals surface area (Å²) in [5.74, 6) is 2.04. The molecular weight excluding hydrogens is 216 g/mol. The van der Waals surface area contributed by atoms with Crippen LogP contribution in [0.2, 0.25) is 0 Å². The Morgan fingerprint density at radius 1 is 1.18 bits per heavy atom. The number of carbonyl (C=O) groups excluding carboxylic acids is 1. The van der Waals surface area contributed by atoms with E-state index in [-0.39, 0.29) is 5.78 Å². The van der Waals surface area contributed by atoms with E-state index in [0.29, 0.717) is 12.3 Å². The molecule has 0 saturated heterocycles. The van der Waals surface area contributed by atoms with Gasteiger partial charge in [0, 0.05) is 17.5 Å². The van der Waals surface area contributed by atoms with Gasteiger partial charge in [0.1, 0.15) is 17.3 Å². The lowest BCUT2D eigenvalue weighted by molar-refractivity contribution is -0.116. The molecule has 0 aliphatic carbocycles. The molecule has 1 aromatic carbocycles. The smallest absolute Gasteiger partial charge is 0.134 e. The van der Waals surface area contributed by atoms with Crippen LogP contribution in [0.1, 0.15) is 37.8 Å². The Kier molecular flexibility index (Phi) is 4.55. The number of benzene rings is 1. The lowest BCUT2D eigenvalue weighted by atomic mass is 9.97. The van der Waals surface area contributed by atoms with Crippen molar-refractivity contribution in [3.63, 3.8) is 0 Å². The second-order valence-electron chi connectivity index (χ2n) is 4.44. The fourth-order valence-electron chi connectivity index (χ4n) is 1.84. The van der Waals surface area contributed by atoms with Gasteiger partial charge < -0.3 is 9.47 Å². The maximum Gasteiger partial charge on any atom is 0.134 e. The first-order valence-electron chi connectivity index (χ1n) is 5.73. The highest BCUT2D eigenvalue weighted by Crippen LogP contribution is 2.33. The van der Waals surface area contributed by atoms with Crippen LogP contribution in [-0.4, -0.2) is 20.0 Å². The van der Waals surface area contributed by atoms with Crippen molar-refractivity contribution in [1.29, 1.82) is 0 Å². The average Bonchev–Trinajstić information content (AvgIpc) is 2.27. The molecule has 0 spiro atoms. The van der Waals surface area contributed by atoms with Gasteiger partial charge in [-0.3, -0.25) is 4.79 Å². The zero-order valence-corrected chi connectivity index (χ0v) is 11.2. The van der Waals surface area contributed by atoms with E-state index in [9.17, 15) is 4.79 Å². The number of rotatable bonds is 5. The monoisotopic (exact) mass is 236 g/mol. The Bertz CT molecular complexity index is 408. The zero-order valence-electron chi connectivity index (χ0n) is 11.2. The third kappa shape index (κ3) is 3.22. The van der Waals surface area contributed by atoms with Crippen LogP contribution in [0.3, 0.4) is 0 Å². The van der Waals surface area contributed by atoms with E-state index < -0.39 is 0 Å². The van der Waals surface area contributed by atoms with Crippen molar-refractivity contribution in [2.75, 3.05) is 14.2 Å². The number of carbonyl (C=O) groups is 1. The number of hydrogen-bond acceptors (Lipinski definition) is 3. The highest BCUT2D eigenvalue weighted by atomic mass is 16.5. The van der Waals surface area contributed by atoms with Crippen molar-refractivity contribution in [2.45, 2.75) is 33.1 Å². The molecule has 0 bridgehead atoms. The minimum absolute atomic E-state index is 0.114. The van der Waals surface area contributed by atoms with Crippen LogP contribution in [0.4, 0.5) is 0 Å². The van der Waals surface area contributed by atoms with Crippen LogP contribution < -0.4 is 9.47 Å². The molecule has 0 fully saturated rings. The Morgan fingerprint density at radius 2 is 1.76 bits per heavy atom. The van der Waals surface area contributed by atoms with Gasteiger partial charge in [-0.1, -0.05) is 13.8 Å². The molecule has 0 atom stereocenters. The van der Waals surface area contributed by atoms with Gasteiger partial charge in [-0.25, -0.2) is 0 Å². The van der Waals surface area contributed by atoms with Gasteiger partial charge >= 0.3 is 0 Å². The summed E-state index contributed by atoms with van der Waals surface area (Å²) < 4.78 is 10.7. The minimum Gasteiger partial charge on any atom is -0.496 e. The Morgan fingerprint density at radius 3 is 2.18 bits per heavy atom. The molecule has 0 aromatic heterocycles. The van der Waals surface area contributed by atoms with Crippen LogP contribution in [0.25, 0.3) is 0 Å². The lowest BCUT2D eigenvalue weighted by Crippen LogP contribution is -2.03. The number of methoxy groups -OCH3 is 2. The largest absolute Gasteiger partial charge is 0.496 e. The Labute approximate surface area is 103 Å². The fraction of sp³-hybridized carbons (Fsp3) is 0.500. The molecule has 0 N–H and O–H groups in total. The molecule has 17 heavy (non-hydrogen) atoms. The van der Waals surface area contributed by atoms with E-state index in [2.05, 4.69) is 13.8 Å². The molecule has 1 aromatic rings.